The minimum Gasteiger partial charge on any atom is -0.481 e. The van der Waals surface area contributed by atoms with Gasteiger partial charge in [0, 0.05) is 38.6 Å². The quantitative estimate of drug-likeness (QED) is 0.357. The van der Waals surface area contributed by atoms with Crippen molar-refractivity contribution >= 4 is 17.3 Å². The molecule has 0 bridgehead atoms. The summed E-state index contributed by atoms with van der Waals surface area (Å²) in [7, 11) is 3.77. The van der Waals surface area contributed by atoms with Crippen LogP contribution in [-0.4, -0.2) is 65.9 Å². The minimum absolute atomic E-state index is 0.0305. The molecule has 1 saturated heterocycles. The van der Waals surface area contributed by atoms with E-state index in [4.69, 9.17) is 5.53 Å². The van der Waals surface area contributed by atoms with E-state index in [2.05, 4.69) is 47.4 Å². The van der Waals surface area contributed by atoms with Gasteiger partial charge in [-0.25, -0.2) is 5.53 Å². The Labute approximate surface area is 226 Å². The van der Waals surface area contributed by atoms with Crippen LogP contribution < -0.4 is 5.32 Å². The molecule has 4 rings (SSSR count). The van der Waals surface area contributed by atoms with Crippen LogP contribution in [0.4, 0.5) is 11.4 Å². The number of β-amino-alcohol motifs (C(OH)–C–C–N with tert-alkyl or cyclic N) is 1. The number of aliphatic hydroxyl groups excluding tert-OH is 1. The van der Waals surface area contributed by atoms with E-state index in [-0.39, 0.29) is 11.5 Å². The van der Waals surface area contributed by atoms with Gasteiger partial charge in [0.15, 0.2) is 0 Å². The fraction of sp³-hybridized carbons (Fsp3) is 0.567. The number of aliphatic hydroxyl groups is 1. The highest BCUT2D eigenvalue weighted by atomic mass is 16.4. The van der Waals surface area contributed by atoms with E-state index < -0.39 is 23.5 Å². The number of aliphatic carboxylic acids is 1. The SMILES string of the molecule is CNc1ccc([C@H](c2ccc3c(c2)[C@@H](N2CC(O)N(C)CC(C)(C)C2)CC3)C(C)(C)C(=O)O)c(C)c1N=N. The zero-order chi connectivity index (χ0) is 28.0. The number of likely N-dealkylation sites (N-methyl/N-ethyl adjacent to an activating group) is 1. The Hall–Kier alpha value is -2.81. The van der Waals surface area contributed by atoms with Crippen molar-refractivity contribution in [3.63, 3.8) is 0 Å². The second-order valence-electron chi connectivity index (χ2n) is 12.5. The normalized spacial score (nSPS) is 22.9. The first-order valence-electron chi connectivity index (χ1n) is 13.5. The first-order chi connectivity index (χ1) is 17.8. The van der Waals surface area contributed by atoms with Gasteiger partial charge in [-0.2, -0.15) is 5.11 Å². The van der Waals surface area contributed by atoms with Crippen molar-refractivity contribution in [1.82, 2.24) is 9.80 Å². The van der Waals surface area contributed by atoms with Crippen LogP contribution in [-0.2, 0) is 11.2 Å². The van der Waals surface area contributed by atoms with Gasteiger partial charge in [-0.05, 0) is 80.0 Å². The Morgan fingerprint density at radius 3 is 2.58 bits per heavy atom. The average Bonchev–Trinajstić information content (AvgIpc) is 3.23. The van der Waals surface area contributed by atoms with Crippen molar-refractivity contribution in [2.24, 2.45) is 15.9 Å². The molecule has 0 aromatic heterocycles. The van der Waals surface area contributed by atoms with E-state index in [9.17, 15) is 15.0 Å². The molecule has 2 aromatic carbocycles. The minimum atomic E-state index is -1.10. The molecule has 0 amide bonds. The first kappa shape index (κ1) is 28.2. The van der Waals surface area contributed by atoms with Crippen LogP contribution in [0.25, 0.3) is 0 Å². The van der Waals surface area contributed by atoms with E-state index in [1.165, 1.54) is 11.1 Å². The van der Waals surface area contributed by atoms with E-state index in [1.54, 1.807) is 20.9 Å². The van der Waals surface area contributed by atoms with Crippen molar-refractivity contribution < 1.29 is 15.0 Å². The summed E-state index contributed by atoms with van der Waals surface area (Å²) in [5.74, 6) is -1.31. The van der Waals surface area contributed by atoms with Crippen LogP contribution in [0, 0.1) is 23.3 Å². The van der Waals surface area contributed by atoms with E-state index in [0.717, 1.165) is 48.3 Å². The van der Waals surface area contributed by atoms with Gasteiger partial charge >= 0.3 is 5.97 Å². The van der Waals surface area contributed by atoms with Gasteiger partial charge in [0.1, 0.15) is 11.9 Å². The second kappa shape index (κ2) is 10.4. The van der Waals surface area contributed by atoms with Gasteiger partial charge in [-0.15, -0.1) is 0 Å². The monoisotopic (exact) mass is 521 g/mol. The number of carbonyl (C=O) groups is 1. The molecule has 4 N–H and O–H groups in total. The molecule has 1 aliphatic heterocycles. The number of hydrogen-bond donors (Lipinski definition) is 4. The highest BCUT2D eigenvalue weighted by Crippen LogP contribution is 2.48. The zero-order valence-electron chi connectivity index (χ0n) is 23.8. The van der Waals surface area contributed by atoms with Gasteiger partial charge in [0.25, 0.3) is 0 Å². The standard InChI is InChI=1S/C30H43N5O3/c1-18-21(11-12-23(32-6)27(18)33-31)26(30(4,5)28(37)38)20-9-8-19-10-13-24(22(19)14-20)35-15-25(36)34(7)16-29(2,3)17-35/h8-9,11-12,14,24-26,31-32,36H,10,13,15-17H2,1-7H3,(H,37,38)/t24-,25?,26-/m0/s1. The number of fused-ring (bicyclic) bond motifs is 1. The highest BCUT2D eigenvalue weighted by Gasteiger charge is 2.42. The lowest BCUT2D eigenvalue weighted by Gasteiger charge is -2.35. The summed E-state index contributed by atoms with van der Waals surface area (Å²) in [5, 5.41) is 28.0. The summed E-state index contributed by atoms with van der Waals surface area (Å²) >= 11 is 0. The van der Waals surface area contributed by atoms with Crippen molar-refractivity contribution in [3.05, 3.63) is 58.1 Å². The molecule has 8 heteroatoms. The summed E-state index contributed by atoms with van der Waals surface area (Å²) in [6.07, 6.45) is 1.42. The largest absolute Gasteiger partial charge is 0.481 e. The molecule has 0 spiro atoms. The number of benzene rings is 2. The van der Waals surface area contributed by atoms with Gasteiger partial charge in [-0.3, -0.25) is 14.6 Å². The first-order valence-corrected chi connectivity index (χ1v) is 13.5. The Kier molecular flexibility index (Phi) is 7.72. The lowest BCUT2D eigenvalue weighted by Crippen LogP contribution is -2.39. The van der Waals surface area contributed by atoms with Crippen LogP contribution in [0.1, 0.15) is 73.9 Å². The Morgan fingerprint density at radius 1 is 1.24 bits per heavy atom. The number of aryl methyl sites for hydroxylation is 1. The lowest BCUT2D eigenvalue weighted by atomic mass is 9.69. The summed E-state index contributed by atoms with van der Waals surface area (Å²) < 4.78 is 0. The van der Waals surface area contributed by atoms with Gasteiger partial charge in [0.2, 0.25) is 0 Å². The average molecular weight is 522 g/mol. The molecule has 1 aliphatic carbocycles. The van der Waals surface area contributed by atoms with E-state index >= 15 is 0 Å². The molecule has 0 saturated carbocycles. The highest BCUT2D eigenvalue weighted by molar-refractivity contribution is 5.78. The van der Waals surface area contributed by atoms with Gasteiger partial charge in [-0.1, -0.05) is 38.1 Å². The predicted molar refractivity (Wildman–Crippen MR) is 150 cm³/mol. The van der Waals surface area contributed by atoms with Crippen molar-refractivity contribution in [2.75, 3.05) is 39.0 Å². The number of rotatable bonds is 7. The summed E-state index contributed by atoms with van der Waals surface area (Å²) in [5.41, 5.74) is 13.1. The maximum absolute atomic E-state index is 12.6. The third-order valence-corrected chi connectivity index (χ3v) is 8.64. The molecule has 2 aliphatic rings. The topological polar surface area (TPSA) is 112 Å². The molecule has 1 unspecified atom stereocenters. The second-order valence-corrected chi connectivity index (χ2v) is 12.5. The molecule has 1 heterocycles. The summed E-state index contributed by atoms with van der Waals surface area (Å²) in [6.45, 7) is 12.3. The number of nitrogens with one attached hydrogen (secondary N) is 2. The predicted octanol–water partition coefficient (Wildman–Crippen LogP) is 5.52. The smallest absolute Gasteiger partial charge is 0.310 e. The number of anilines is 1. The van der Waals surface area contributed by atoms with Crippen molar-refractivity contribution in [2.45, 2.75) is 65.6 Å². The molecule has 2 aromatic rings. The van der Waals surface area contributed by atoms with Crippen LogP contribution in [0.15, 0.2) is 35.4 Å². The van der Waals surface area contributed by atoms with Crippen LogP contribution in [0.3, 0.4) is 0 Å². The third kappa shape index (κ3) is 5.09. The molecule has 3 atom stereocenters. The third-order valence-electron chi connectivity index (χ3n) is 8.64. The fourth-order valence-corrected chi connectivity index (χ4v) is 6.67. The van der Waals surface area contributed by atoms with Crippen LogP contribution in [0.2, 0.25) is 0 Å². The van der Waals surface area contributed by atoms with Crippen molar-refractivity contribution in [1.29, 1.82) is 5.53 Å². The van der Waals surface area contributed by atoms with Gasteiger partial charge in [0.05, 0.1) is 11.1 Å². The Morgan fingerprint density at radius 2 is 1.95 bits per heavy atom. The molecule has 206 valence electrons. The molecular weight excluding hydrogens is 478 g/mol. The molecule has 0 radical (unpaired) electrons. The molecular formula is C30H43N5O3. The maximum Gasteiger partial charge on any atom is 0.310 e. The number of nitrogens with zero attached hydrogens (tertiary/aromatic N) is 3. The summed E-state index contributed by atoms with van der Waals surface area (Å²) in [4.78, 5) is 17.1. The van der Waals surface area contributed by atoms with E-state index in [0.29, 0.717) is 12.2 Å². The molecule has 38 heavy (non-hydrogen) atoms. The maximum atomic E-state index is 12.6. The number of carboxylic acids is 1. The van der Waals surface area contributed by atoms with E-state index in [1.807, 2.05) is 31.0 Å². The zero-order valence-corrected chi connectivity index (χ0v) is 23.8. The Bertz CT molecular complexity index is 1220. The van der Waals surface area contributed by atoms with Crippen molar-refractivity contribution in [3.8, 4) is 0 Å². The van der Waals surface area contributed by atoms with Crippen LogP contribution >= 0.6 is 0 Å². The molecule has 1 fully saturated rings. The number of hydrogen-bond acceptors (Lipinski definition) is 7. The van der Waals surface area contributed by atoms with Crippen LogP contribution in [0.5, 0.6) is 0 Å². The Balaban J connectivity index is 1.82. The fourth-order valence-electron chi connectivity index (χ4n) is 6.67. The molecule has 8 nitrogen and oxygen atoms in total. The van der Waals surface area contributed by atoms with Gasteiger partial charge < -0.3 is 15.5 Å². The lowest BCUT2D eigenvalue weighted by molar-refractivity contribution is -0.147. The number of carboxylic acid groups (broad SMARTS) is 1. The summed E-state index contributed by atoms with van der Waals surface area (Å²) in [6, 6.07) is 10.5.